The average Bonchev–Trinajstić information content (AvgIpc) is 3.45. The van der Waals surface area contributed by atoms with E-state index in [-0.39, 0.29) is 24.8 Å². The molecule has 3 aromatic carbocycles. The number of hydrogen-bond donors (Lipinski definition) is 0. The predicted molar refractivity (Wildman–Crippen MR) is 126 cm³/mol. The van der Waals surface area contributed by atoms with Crippen molar-refractivity contribution in [1.29, 1.82) is 0 Å². The van der Waals surface area contributed by atoms with Gasteiger partial charge in [0, 0.05) is 0 Å². The van der Waals surface area contributed by atoms with Crippen LogP contribution in [0.15, 0.2) is 111 Å². The molecule has 162 valence electrons. The molecule has 1 unspecified atom stereocenters. The van der Waals surface area contributed by atoms with Gasteiger partial charge in [-0.2, -0.15) is 0 Å². The Balaban J connectivity index is 0.00000144. The summed E-state index contributed by atoms with van der Waals surface area (Å²) in [6, 6.07) is 29.7. The first-order chi connectivity index (χ1) is 14.9. The van der Waals surface area contributed by atoms with Crippen LogP contribution in [0.3, 0.4) is 0 Å². The van der Waals surface area contributed by atoms with Crippen molar-refractivity contribution in [2.75, 3.05) is 0 Å². The topological polar surface area (TPSA) is 0 Å². The van der Waals surface area contributed by atoms with Gasteiger partial charge in [-0.1, -0.05) is 0 Å². The van der Waals surface area contributed by atoms with Gasteiger partial charge in [-0.05, 0) is 0 Å². The van der Waals surface area contributed by atoms with E-state index in [0.29, 0.717) is 4.22 Å². The monoisotopic (exact) mass is 494 g/mol. The maximum atomic E-state index is 2.71. The third kappa shape index (κ3) is 4.11. The minimum absolute atomic E-state index is 0. The van der Waals surface area contributed by atoms with Crippen LogP contribution in [0.1, 0.15) is 41.5 Å². The summed E-state index contributed by atoms with van der Waals surface area (Å²) in [5.74, 6) is 0. The molecule has 0 radical (unpaired) electrons. The second-order valence-electron chi connectivity index (χ2n) is 8.36. The van der Waals surface area contributed by atoms with E-state index in [1.165, 1.54) is 28.7 Å². The summed E-state index contributed by atoms with van der Waals surface area (Å²) in [4.78, 5) is 0. The summed E-state index contributed by atoms with van der Waals surface area (Å²) in [5, 5.41) is 0. The van der Waals surface area contributed by atoms with Gasteiger partial charge in [0.25, 0.3) is 0 Å². The summed E-state index contributed by atoms with van der Waals surface area (Å²) in [6.45, 7) is 2.28. The van der Waals surface area contributed by atoms with Crippen LogP contribution in [0, 0.1) is 0 Å². The van der Waals surface area contributed by atoms with Gasteiger partial charge in [0.05, 0.1) is 0 Å². The van der Waals surface area contributed by atoms with Gasteiger partial charge in [-0.3, -0.25) is 0 Å². The Morgan fingerprint density at radius 1 is 0.812 bits per heavy atom. The van der Waals surface area contributed by atoms with Crippen LogP contribution < -0.4 is 28.7 Å². The second kappa shape index (κ2) is 10.9. The molecule has 2 aliphatic rings. The molecule has 0 fully saturated rings. The Labute approximate surface area is 208 Å². The molecule has 0 aliphatic heterocycles. The van der Waals surface area contributed by atoms with Gasteiger partial charge < -0.3 is 24.8 Å². The minimum atomic E-state index is -2.94. The molecule has 0 amide bonds. The van der Waals surface area contributed by atoms with Crippen LogP contribution in [0.4, 0.5) is 0 Å². The number of benzene rings is 3. The first-order valence-electron chi connectivity index (χ1n) is 11.1. The van der Waals surface area contributed by atoms with E-state index in [1.54, 1.807) is 7.75 Å². The van der Waals surface area contributed by atoms with Crippen LogP contribution in [0.25, 0.3) is 11.1 Å². The van der Waals surface area contributed by atoms with Crippen LogP contribution in [-0.4, -0.2) is 0 Å². The molecular formula is C29H28Cl2Ti. The van der Waals surface area contributed by atoms with E-state index in [9.17, 15) is 0 Å². The fourth-order valence-electron chi connectivity index (χ4n) is 5.39. The van der Waals surface area contributed by atoms with Crippen LogP contribution in [0.5, 0.6) is 0 Å². The SMILES string of the molecule is CCCC=[CH][Ti+2]([C]1=CC=CC1)([c]1ccccc1)[CH]1c2ccccc2-c2ccccc21.[Cl-].[Cl-]. The van der Waals surface area contributed by atoms with Gasteiger partial charge in [0.2, 0.25) is 0 Å². The maximum absolute atomic E-state index is 2.94. The Hall–Kier alpha value is -1.83. The van der Waals surface area contributed by atoms with Crippen molar-refractivity contribution in [3.8, 4) is 11.1 Å². The Morgan fingerprint density at radius 3 is 1.97 bits per heavy atom. The zero-order valence-corrected chi connectivity index (χ0v) is 21.4. The minimum Gasteiger partial charge on any atom is -1.00 e. The standard InChI is InChI=1S/C13H9.C6H5.C5H5.C5H9.2ClH.Ti/c1-3-7-12-10(5-1)9-11-6-2-4-8-13(11)12;1-2-4-6-5-3-1;1-2-4-5-3-1;1-3-5-4-2;;;/h1-9H;1-5H;1-3H,4H2;1,3H,4-5H2,2H3;2*1H;/q;;;;;;+2/p-2. The fourth-order valence-corrected chi connectivity index (χ4v) is 13.6. The molecule has 5 rings (SSSR count). The number of unbranched alkanes of at least 4 members (excludes halogenated alkanes) is 1. The third-order valence-corrected chi connectivity index (χ3v) is 14.5. The molecule has 0 nitrogen and oxygen atoms in total. The van der Waals surface area contributed by atoms with E-state index >= 15 is 0 Å². The van der Waals surface area contributed by atoms with Crippen molar-refractivity contribution in [3.05, 3.63) is 123 Å². The fraction of sp³-hybridized carbons (Fsp3) is 0.172. The van der Waals surface area contributed by atoms with Crippen molar-refractivity contribution in [2.24, 2.45) is 0 Å². The molecule has 0 N–H and O–H groups in total. The van der Waals surface area contributed by atoms with Crippen LogP contribution >= 0.6 is 0 Å². The van der Waals surface area contributed by atoms with E-state index in [1.807, 2.05) is 0 Å². The Bertz CT molecular complexity index is 1100. The zero-order chi connectivity index (χ0) is 20.4. The molecular weight excluding hydrogens is 467 g/mol. The maximum Gasteiger partial charge on any atom is -1.00 e. The number of rotatable bonds is 6. The van der Waals surface area contributed by atoms with E-state index in [4.69, 9.17) is 0 Å². The Morgan fingerprint density at radius 2 is 1.41 bits per heavy atom. The molecule has 3 aromatic rings. The first kappa shape index (κ1) is 24.8. The zero-order valence-electron chi connectivity index (χ0n) is 18.3. The van der Waals surface area contributed by atoms with Crippen molar-refractivity contribution >= 4 is 3.87 Å². The smallest absolute Gasteiger partial charge is 1.00 e. The molecule has 0 saturated carbocycles. The molecule has 0 saturated heterocycles. The van der Waals surface area contributed by atoms with Crippen molar-refractivity contribution in [2.45, 2.75) is 30.4 Å². The number of fused-ring (bicyclic) bond motifs is 3. The molecule has 0 heterocycles. The van der Waals surface area contributed by atoms with Gasteiger partial charge in [0.15, 0.2) is 0 Å². The molecule has 32 heavy (non-hydrogen) atoms. The van der Waals surface area contributed by atoms with E-state index in [2.05, 4.69) is 114 Å². The predicted octanol–water partition coefficient (Wildman–Crippen LogP) is 1.40. The summed E-state index contributed by atoms with van der Waals surface area (Å²) in [5.41, 5.74) is 5.91. The van der Waals surface area contributed by atoms with Gasteiger partial charge in [-0.15, -0.1) is 0 Å². The molecule has 0 spiro atoms. The van der Waals surface area contributed by atoms with E-state index < -0.39 is 16.6 Å². The summed E-state index contributed by atoms with van der Waals surface area (Å²) < 4.78 is 6.40. The van der Waals surface area contributed by atoms with E-state index in [0.717, 1.165) is 12.8 Å². The van der Waals surface area contributed by atoms with Gasteiger partial charge in [-0.25, -0.2) is 0 Å². The molecule has 0 aromatic heterocycles. The van der Waals surface area contributed by atoms with Gasteiger partial charge >= 0.3 is 185 Å². The first-order valence-corrected chi connectivity index (χ1v) is 14.5. The molecule has 0 bridgehead atoms. The molecule has 1 atom stereocenters. The van der Waals surface area contributed by atoms with Crippen molar-refractivity contribution in [1.82, 2.24) is 0 Å². The summed E-state index contributed by atoms with van der Waals surface area (Å²) >= 11 is -2.94. The quantitative estimate of drug-likeness (QED) is 0.454. The summed E-state index contributed by atoms with van der Waals surface area (Å²) in [6.07, 6.45) is 13.0. The third-order valence-electron chi connectivity index (χ3n) is 6.68. The second-order valence-corrected chi connectivity index (χ2v) is 14.4. The van der Waals surface area contributed by atoms with Crippen molar-refractivity contribution in [3.63, 3.8) is 0 Å². The number of allylic oxidation sites excluding steroid dienone is 5. The largest absolute Gasteiger partial charge is 1.00 e. The van der Waals surface area contributed by atoms with Crippen LogP contribution in [-0.2, 0) is 16.6 Å². The normalized spacial score (nSPS) is 15.0. The number of hydrogen-bond acceptors (Lipinski definition) is 0. The number of halogens is 2. The molecule has 2 aliphatic carbocycles. The average molecular weight is 495 g/mol. The van der Waals surface area contributed by atoms with Crippen molar-refractivity contribution < 1.29 is 41.4 Å². The molecule has 3 heteroatoms. The Kier molecular flexibility index (Phi) is 8.42. The summed E-state index contributed by atoms with van der Waals surface area (Å²) in [7, 11) is 0. The van der Waals surface area contributed by atoms with Crippen LogP contribution in [0.2, 0.25) is 0 Å². The van der Waals surface area contributed by atoms with Gasteiger partial charge in [0.1, 0.15) is 0 Å².